The molecule has 0 spiro atoms. The highest BCUT2D eigenvalue weighted by atomic mass is 32.2. The van der Waals surface area contributed by atoms with Crippen molar-refractivity contribution in [3.63, 3.8) is 0 Å². The Morgan fingerprint density at radius 1 is 1.47 bits per heavy atom. The number of hydroxylamine groups is 1. The topological polar surface area (TPSA) is 116 Å². The summed E-state index contributed by atoms with van der Waals surface area (Å²) in [7, 11) is -3.34. The van der Waals surface area contributed by atoms with Crippen molar-refractivity contribution in [1.29, 1.82) is 0 Å². The SMILES string of the molecule is CCC(=O)ONC(=O)[C@H](N)CS(C)(=O)=O. The molecule has 0 saturated carbocycles. The number of hydrogen-bond donors (Lipinski definition) is 2. The molecule has 0 aromatic rings. The molecular formula is C7H14N2O5S. The molecule has 8 heteroatoms. The maximum absolute atomic E-state index is 11.1. The first-order valence-corrected chi connectivity index (χ1v) is 6.25. The minimum absolute atomic E-state index is 0.0988. The molecule has 0 saturated heterocycles. The van der Waals surface area contributed by atoms with Crippen molar-refractivity contribution in [3.8, 4) is 0 Å². The Morgan fingerprint density at radius 3 is 2.40 bits per heavy atom. The maximum Gasteiger partial charge on any atom is 0.331 e. The van der Waals surface area contributed by atoms with Crippen LogP contribution in [0, 0.1) is 0 Å². The van der Waals surface area contributed by atoms with E-state index in [4.69, 9.17) is 5.73 Å². The smallest absolute Gasteiger partial charge is 0.331 e. The molecule has 1 amide bonds. The summed E-state index contributed by atoms with van der Waals surface area (Å²) in [5, 5.41) is 0. The van der Waals surface area contributed by atoms with Crippen LogP contribution >= 0.6 is 0 Å². The van der Waals surface area contributed by atoms with Crippen LogP contribution in [0.4, 0.5) is 0 Å². The molecule has 0 aromatic carbocycles. The molecule has 0 aliphatic rings. The predicted molar refractivity (Wildman–Crippen MR) is 52.2 cm³/mol. The van der Waals surface area contributed by atoms with Gasteiger partial charge in [-0.2, -0.15) is 5.48 Å². The van der Waals surface area contributed by atoms with E-state index in [9.17, 15) is 18.0 Å². The van der Waals surface area contributed by atoms with Crippen molar-refractivity contribution in [2.75, 3.05) is 12.0 Å². The maximum atomic E-state index is 11.1. The van der Waals surface area contributed by atoms with E-state index in [1.165, 1.54) is 0 Å². The molecule has 1 atom stereocenters. The summed E-state index contributed by atoms with van der Waals surface area (Å²) in [6.07, 6.45) is 1.06. The van der Waals surface area contributed by atoms with Crippen LogP contribution in [0.3, 0.4) is 0 Å². The van der Waals surface area contributed by atoms with Gasteiger partial charge < -0.3 is 10.6 Å². The molecule has 0 rings (SSSR count). The van der Waals surface area contributed by atoms with Gasteiger partial charge in [-0.3, -0.25) is 4.79 Å². The second kappa shape index (κ2) is 5.66. The van der Waals surface area contributed by atoms with Crippen LogP contribution < -0.4 is 11.2 Å². The zero-order chi connectivity index (χ0) is 12.1. The number of sulfone groups is 1. The Hall–Kier alpha value is -1.15. The third-order valence-electron chi connectivity index (χ3n) is 1.37. The van der Waals surface area contributed by atoms with Crippen LogP contribution in [0.1, 0.15) is 13.3 Å². The molecule has 0 aliphatic carbocycles. The number of carbonyl (C=O) groups excluding carboxylic acids is 2. The van der Waals surface area contributed by atoms with Gasteiger partial charge in [0.1, 0.15) is 15.9 Å². The number of nitrogens with two attached hydrogens (primary N) is 1. The van der Waals surface area contributed by atoms with Crippen molar-refractivity contribution in [2.24, 2.45) is 5.73 Å². The quantitative estimate of drug-likeness (QED) is 0.566. The van der Waals surface area contributed by atoms with Gasteiger partial charge in [0.05, 0.1) is 5.75 Å². The molecule has 0 radical (unpaired) electrons. The molecule has 0 heterocycles. The minimum atomic E-state index is -3.34. The molecule has 15 heavy (non-hydrogen) atoms. The Labute approximate surface area is 87.8 Å². The summed E-state index contributed by atoms with van der Waals surface area (Å²) in [6.45, 7) is 1.55. The molecule has 3 N–H and O–H groups in total. The van der Waals surface area contributed by atoms with E-state index in [2.05, 4.69) is 4.84 Å². The van der Waals surface area contributed by atoms with Crippen LogP contribution in [0.25, 0.3) is 0 Å². The number of nitrogens with one attached hydrogen (secondary N) is 1. The lowest BCUT2D eigenvalue weighted by molar-refractivity contribution is -0.158. The van der Waals surface area contributed by atoms with Crippen LogP contribution in [0.2, 0.25) is 0 Å². The lowest BCUT2D eigenvalue weighted by Crippen LogP contribution is -2.45. The fraction of sp³-hybridized carbons (Fsp3) is 0.714. The molecule has 0 aromatic heterocycles. The lowest BCUT2D eigenvalue weighted by atomic mass is 10.3. The van der Waals surface area contributed by atoms with Gasteiger partial charge in [0.15, 0.2) is 0 Å². The number of hydrogen-bond acceptors (Lipinski definition) is 6. The van der Waals surface area contributed by atoms with Crippen LogP contribution in [0.15, 0.2) is 0 Å². The highest BCUT2D eigenvalue weighted by Gasteiger charge is 2.19. The van der Waals surface area contributed by atoms with Crippen LogP contribution in [-0.2, 0) is 24.3 Å². The van der Waals surface area contributed by atoms with Gasteiger partial charge in [0.25, 0.3) is 5.91 Å². The van der Waals surface area contributed by atoms with Crippen LogP contribution in [-0.4, -0.2) is 38.3 Å². The largest absolute Gasteiger partial charge is 0.341 e. The van der Waals surface area contributed by atoms with Crippen molar-refractivity contribution in [1.82, 2.24) is 5.48 Å². The Bertz CT molecular complexity index is 337. The molecule has 7 nitrogen and oxygen atoms in total. The standard InChI is InChI=1S/C7H14N2O5S/c1-3-6(10)14-9-7(11)5(8)4-15(2,12)13/h5H,3-4,8H2,1-2H3,(H,9,11)/t5-/m1/s1. The normalized spacial score (nSPS) is 13.0. The van der Waals surface area contributed by atoms with Gasteiger partial charge in [0.2, 0.25) is 0 Å². The molecular weight excluding hydrogens is 224 g/mol. The van der Waals surface area contributed by atoms with Gasteiger partial charge in [0, 0.05) is 12.7 Å². The van der Waals surface area contributed by atoms with E-state index in [-0.39, 0.29) is 6.42 Å². The van der Waals surface area contributed by atoms with Gasteiger partial charge in [-0.15, -0.1) is 0 Å². The van der Waals surface area contributed by atoms with Crippen LogP contribution in [0.5, 0.6) is 0 Å². The first-order valence-electron chi connectivity index (χ1n) is 4.19. The monoisotopic (exact) mass is 238 g/mol. The summed E-state index contributed by atoms with van der Waals surface area (Å²) in [6, 6.07) is -1.25. The van der Waals surface area contributed by atoms with E-state index >= 15 is 0 Å². The number of carbonyl (C=O) groups is 2. The molecule has 0 aliphatic heterocycles. The Morgan fingerprint density at radius 2 is 2.00 bits per heavy atom. The highest BCUT2D eigenvalue weighted by molar-refractivity contribution is 7.90. The van der Waals surface area contributed by atoms with Crippen molar-refractivity contribution in [3.05, 3.63) is 0 Å². The highest BCUT2D eigenvalue weighted by Crippen LogP contribution is 1.89. The van der Waals surface area contributed by atoms with Gasteiger partial charge in [-0.05, 0) is 0 Å². The number of amides is 1. The zero-order valence-corrected chi connectivity index (χ0v) is 9.33. The average molecular weight is 238 g/mol. The molecule has 88 valence electrons. The zero-order valence-electron chi connectivity index (χ0n) is 8.52. The van der Waals surface area contributed by atoms with E-state index in [1.54, 1.807) is 12.4 Å². The van der Waals surface area contributed by atoms with E-state index in [0.29, 0.717) is 0 Å². The summed E-state index contributed by atoms with van der Waals surface area (Å²) < 4.78 is 21.5. The first-order chi connectivity index (χ1) is 6.76. The summed E-state index contributed by atoms with van der Waals surface area (Å²) in [4.78, 5) is 26.0. The average Bonchev–Trinajstić information content (AvgIpc) is 2.10. The van der Waals surface area contributed by atoms with Crippen molar-refractivity contribution >= 4 is 21.7 Å². The van der Waals surface area contributed by atoms with E-state index in [1.807, 2.05) is 0 Å². The Kier molecular flexibility index (Phi) is 5.23. The van der Waals surface area contributed by atoms with Crippen molar-refractivity contribution < 1.29 is 22.8 Å². The van der Waals surface area contributed by atoms with Gasteiger partial charge in [-0.1, -0.05) is 6.92 Å². The first kappa shape index (κ1) is 13.8. The van der Waals surface area contributed by atoms with E-state index in [0.717, 1.165) is 6.26 Å². The summed E-state index contributed by atoms with van der Waals surface area (Å²) in [5.74, 6) is -1.97. The fourth-order valence-electron chi connectivity index (χ4n) is 0.657. The van der Waals surface area contributed by atoms with Gasteiger partial charge in [-0.25, -0.2) is 13.2 Å². The van der Waals surface area contributed by atoms with Gasteiger partial charge >= 0.3 is 5.97 Å². The van der Waals surface area contributed by atoms with Crippen molar-refractivity contribution in [2.45, 2.75) is 19.4 Å². The summed E-state index contributed by atoms with van der Waals surface area (Å²) in [5.41, 5.74) is 7.03. The fourth-order valence-corrected chi connectivity index (χ4v) is 1.46. The number of rotatable bonds is 4. The Balaban J connectivity index is 4.06. The molecule has 0 unspecified atom stereocenters. The lowest BCUT2D eigenvalue weighted by Gasteiger charge is -2.10. The third-order valence-corrected chi connectivity index (χ3v) is 2.34. The minimum Gasteiger partial charge on any atom is -0.341 e. The predicted octanol–water partition coefficient (Wildman–Crippen LogP) is -1.66. The van der Waals surface area contributed by atoms with E-state index < -0.39 is 33.5 Å². The third kappa shape index (κ3) is 6.86. The summed E-state index contributed by atoms with van der Waals surface area (Å²) >= 11 is 0. The second-order valence-electron chi connectivity index (χ2n) is 2.99. The second-order valence-corrected chi connectivity index (χ2v) is 5.18. The molecule has 0 fully saturated rings. The molecule has 0 bridgehead atoms.